The maximum atomic E-state index is 9.61. The topological polar surface area (TPSA) is 55.4 Å². The molecule has 0 aromatic rings. The number of nitrogens with two attached hydrogens (primary N) is 1. The highest BCUT2D eigenvalue weighted by molar-refractivity contribution is 5.32. The van der Waals surface area contributed by atoms with Crippen LogP contribution in [0.3, 0.4) is 0 Å². The molecule has 0 saturated heterocycles. The zero-order valence-corrected chi connectivity index (χ0v) is 12.7. The molecule has 0 aromatic heterocycles. The van der Waals surface area contributed by atoms with Gasteiger partial charge >= 0.3 is 0 Å². The summed E-state index contributed by atoms with van der Waals surface area (Å²) >= 11 is 0. The lowest BCUT2D eigenvalue weighted by Gasteiger charge is -2.00. The molecule has 0 heterocycles. The van der Waals surface area contributed by atoms with Gasteiger partial charge in [-0.05, 0) is 31.2 Å². The Hall–Kier alpha value is -0.660. The van der Waals surface area contributed by atoms with Gasteiger partial charge in [0.25, 0.3) is 0 Å². The van der Waals surface area contributed by atoms with E-state index in [0.717, 1.165) is 24.8 Å². The number of nitrogens with zero attached hydrogens (tertiary/aromatic N) is 1. The van der Waals surface area contributed by atoms with Crippen molar-refractivity contribution in [2.75, 3.05) is 13.1 Å². The maximum Gasteiger partial charge on any atom is 0.234 e. The number of hydrogen-bond donors (Lipinski definition) is 1. The maximum absolute atomic E-state index is 9.61. The minimum atomic E-state index is 0.649. The van der Waals surface area contributed by atoms with Crippen LogP contribution in [-0.2, 0) is 4.79 Å². The molecule has 0 bridgehead atoms. The third kappa shape index (κ3) is 24.5. The van der Waals surface area contributed by atoms with E-state index in [1.54, 1.807) is 0 Å². The van der Waals surface area contributed by atoms with Crippen molar-refractivity contribution in [2.24, 2.45) is 22.6 Å². The van der Waals surface area contributed by atoms with Crippen molar-refractivity contribution in [2.45, 2.75) is 66.2 Å². The minimum Gasteiger partial charge on any atom is -0.330 e. The molecule has 0 saturated carbocycles. The quantitative estimate of drug-likeness (QED) is 0.386. The van der Waals surface area contributed by atoms with Crippen LogP contribution < -0.4 is 5.73 Å². The number of hydrogen-bond acceptors (Lipinski definition) is 3. The molecule has 0 amide bonds. The van der Waals surface area contributed by atoms with Gasteiger partial charge in [0.15, 0.2) is 0 Å². The SMILES string of the molecule is CC(C)CCCCN.CC(C)CCCCN=C=O. The van der Waals surface area contributed by atoms with Crippen molar-refractivity contribution in [3.8, 4) is 0 Å². The lowest BCUT2D eigenvalue weighted by Crippen LogP contribution is -1.98. The van der Waals surface area contributed by atoms with Gasteiger partial charge in [0.1, 0.15) is 0 Å². The van der Waals surface area contributed by atoms with Crippen LogP contribution in [0.4, 0.5) is 0 Å². The predicted molar refractivity (Wildman–Crippen MR) is 79.4 cm³/mol. The summed E-state index contributed by atoms with van der Waals surface area (Å²) in [5.41, 5.74) is 5.31. The van der Waals surface area contributed by atoms with Gasteiger partial charge in [-0.25, -0.2) is 9.79 Å². The van der Waals surface area contributed by atoms with Crippen LogP contribution in [0.5, 0.6) is 0 Å². The van der Waals surface area contributed by atoms with Crippen LogP contribution >= 0.6 is 0 Å². The summed E-state index contributed by atoms with van der Waals surface area (Å²) in [4.78, 5) is 13.1. The number of isocyanates is 1. The molecule has 18 heavy (non-hydrogen) atoms. The van der Waals surface area contributed by atoms with Crippen molar-refractivity contribution < 1.29 is 4.79 Å². The van der Waals surface area contributed by atoms with Gasteiger partial charge in [0.05, 0.1) is 6.54 Å². The first kappa shape index (κ1) is 19.7. The summed E-state index contributed by atoms with van der Waals surface area (Å²) in [6.07, 6.45) is 8.78. The van der Waals surface area contributed by atoms with E-state index in [0.29, 0.717) is 6.54 Å². The fourth-order valence-electron chi connectivity index (χ4n) is 1.49. The fourth-order valence-corrected chi connectivity index (χ4v) is 1.49. The van der Waals surface area contributed by atoms with E-state index in [9.17, 15) is 4.79 Å². The zero-order valence-electron chi connectivity index (χ0n) is 12.7. The molecule has 0 rings (SSSR count). The Morgan fingerprint density at radius 2 is 1.44 bits per heavy atom. The molecule has 0 fully saturated rings. The molecule has 0 radical (unpaired) electrons. The molecule has 0 aliphatic heterocycles. The van der Waals surface area contributed by atoms with E-state index < -0.39 is 0 Å². The van der Waals surface area contributed by atoms with Gasteiger partial charge in [0, 0.05) is 0 Å². The van der Waals surface area contributed by atoms with E-state index in [1.807, 2.05) is 0 Å². The van der Waals surface area contributed by atoms with E-state index in [1.165, 1.54) is 38.2 Å². The Kier molecular flexibility index (Phi) is 17.9. The molecule has 3 nitrogen and oxygen atoms in total. The van der Waals surface area contributed by atoms with Crippen LogP contribution in [0.2, 0.25) is 0 Å². The number of unbranched alkanes of at least 4 members (excludes halogenated alkanes) is 2. The van der Waals surface area contributed by atoms with Crippen LogP contribution in [0.1, 0.15) is 66.2 Å². The molecule has 0 aliphatic carbocycles. The summed E-state index contributed by atoms with van der Waals surface area (Å²) in [7, 11) is 0. The van der Waals surface area contributed by atoms with E-state index in [4.69, 9.17) is 5.73 Å². The lowest BCUT2D eigenvalue weighted by atomic mass is 10.1. The van der Waals surface area contributed by atoms with Gasteiger partial charge in [-0.15, -0.1) is 0 Å². The highest BCUT2D eigenvalue weighted by Crippen LogP contribution is 2.05. The molecule has 3 heteroatoms. The van der Waals surface area contributed by atoms with Crippen LogP contribution in [0.25, 0.3) is 0 Å². The molecular formula is C15H32N2O. The average molecular weight is 256 g/mol. The van der Waals surface area contributed by atoms with Crippen molar-refractivity contribution in [1.82, 2.24) is 0 Å². The first-order valence-electron chi connectivity index (χ1n) is 7.28. The van der Waals surface area contributed by atoms with Gasteiger partial charge in [-0.1, -0.05) is 53.4 Å². The lowest BCUT2D eigenvalue weighted by molar-refractivity contribution is 0.537. The Bertz CT molecular complexity index is 197. The third-order valence-electron chi connectivity index (χ3n) is 2.60. The van der Waals surface area contributed by atoms with Crippen LogP contribution in [0.15, 0.2) is 4.99 Å². The second kappa shape index (κ2) is 16.3. The van der Waals surface area contributed by atoms with Gasteiger partial charge in [-0.2, -0.15) is 0 Å². The smallest absolute Gasteiger partial charge is 0.234 e. The predicted octanol–water partition coefficient (Wildman–Crippen LogP) is 3.92. The molecule has 0 unspecified atom stereocenters. The molecule has 0 spiro atoms. The Morgan fingerprint density at radius 3 is 1.83 bits per heavy atom. The summed E-state index contributed by atoms with van der Waals surface area (Å²) in [6.45, 7) is 10.4. The van der Waals surface area contributed by atoms with Gasteiger partial charge in [0.2, 0.25) is 6.08 Å². The first-order chi connectivity index (χ1) is 8.54. The van der Waals surface area contributed by atoms with Crippen molar-refractivity contribution in [1.29, 1.82) is 0 Å². The van der Waals surface area contributed by atoms with E-state index in [-0.39, 0.29) is 0 Å². The molecule has 0 atom stereocenters. The number of carbonyl (C=O) groups excluding carboxylic acids is 1. The molecule has 0 aliphatic rings. The second-order valence-corrected chi connectivity index (χ2v) is 5.54. The largest absolute Gasteiger partial charge is 0.330 e. The Balaban J connectivity index is 0. The van der Waals surface area contributed by atoms with Crippen LogP contribution in [0, 0.1) is 11.8 Å². The normalized spacial score (nSPS) is 9.94. The van der Waals surface area contributed by atoms with E-state index >= 15 is 0 Å². The van der Waals surface area contributed by atoms with E-state index in [2.05, 4.69) is 32.7 Å². The minimum absolute atomic E-state index is 0.649. The highest BCUT2D eigenvalue weighted by atomic mass is 16.1. The zero-order chi connectivity index (χ0) is 14.2. The average Bonchev–Trinajstić information content (AvgIpc) is 2.29. The fraction of sp³-hybridized carbons (Fsp3) is 0.933. The standard InChI is InChI=1S/C8H15NO.C7H17N/c1-8(2)5-3-4-6-9-7-10;1-7(2)5-3-4-6-8/h8H,3-6H2,1-2H3;7H,3-6,8H2,1-2H3. The molecule has 2 N–H and O–H groups in total. The van der Waals surface area contributed by atoms with Crippen molar-refractivity contribution in [3.05, 3.63) is 0 Å². The molecule has 0 aromatic carbocycles. The third-order valence-corrected chi connectivity index (χ3v) is 2.60. The summed E-state index contributed by atoms with van der Waals surface area (Å²) in [5, 5.41) is 0. The Labute approximate surface area is 113 Å². The van der Waals surface area contributed by atoms with Crippen molar-refractivity contribution >= 4 is 6.08 Å². The number of rotatable bonds is 9. The summed E-state index contributed by atoms with van der Waals surface area (Å²) in [6, 6.07) is 0. The first-order valence-corrected chi connectivity index (χ1v) is 7.28. The van der Waals surface area contributed by atoms with Gasteiger partial charge in [-0.3, -0.25) is 0 Å². The second-order valence-electron chi connectivity index (χ2n) is 5.54. The summed E-state index contributed by atoms with van der Waals surface area (Å²) < 4.78 is 0. The molecular weight excluding hydrogens is 224 g/mol. The Morgan fingerprint density at radius 1 is 0.944 bits per heavy atom. The van der Waals surface area contributed by atoms with Crippen LogP contribution in [-0.4, -0.2) is 19.2 Å². The number of aliphatic imine (C=N–C) groups is 1. The van der Waals surface area contributed by atoms with Crippen molar-refractivity contribution in [3.63, 3.8) is 0 Å². The van der Waals surface area contributed by atoms with Gasteiger partial charge < -0.3 is 5.73 Å². The highest BCUT2D eigenvalue weighted by Gasteiger charge is 1.92. The summed E-state index contributed by atoms with van der Waals surface area (Å²) in [5.74, 6) is 1.61. The molecule has 108 valence electrons. The monoisotopic (exact) mass is 256 g/mol.